The molecular formula is C18H29N3O. The van der Waals surface area contributed by atoms with Gasteiger partial charge in [0, 0.05) is 18.3 Å². The van der Waals surface area contributed by atoms with Crippen LogP contribution in [0.4, 0.5) is 0 Å². The van der Waals surface area contributed by atoms with E-state index in [4.69, 9.17) is 0 Å². The molecule has 1 aliphatic rings. The zero-order valence-electron chi connectivity index (χ0n) is 14.1. The molecule has 1 N–H and O–H groups in total. The third kappa shape index (κ3) is 5.09. The van der Waals surface area contributed by atoms with Gasteiger partial charge in [0.25, 0.3) is 0 Å². The van der Waals surface area contributed by atoms with Gasteiger partial charge in [-0.05, 0) is 70.3 Å². The van der Waals surface area contributed by atoms with Crippen LogP contribution in [0.3, 0.4) is 0 Å². The van der Waals surface area contributed by atoms with Gasteiger partial charge in [-0.1, -0.05) is 13.0 Å². The molecule has 0 spiro atoms. The van der Waals surface area contributed by atoms with E-state index in [0.717, 1.165) is 37.2 Å². The van der Waals surface area contributed by atoms with E-state index in [-0.39, 0.29) is 11.9 Å². The Labute approximate surface area is 134 Å². The SMILES string of the molecule is CCCN1CCC(CC(=O)N[C@@H](C)c2ccc(C)nc2)CC1. The molecule has 0 saturated carbocycles. The molecule has 1 atom stereocenters. The van der Waals surface area contributed by atoms with E-state index in [1.807, 2.05) is 32.2 Å². The van der Waals surface area contributed by atoms with E-state index in [1.165, 1.54) is 13.0 Å². The Balaban J connectivity index is 1.75. The van der Waals surface area contributed by atoms with Crippen LogP contribution >= 0.6 is 0 Å². The number of hydrogen-bond acceptors (Lipinski definition) is 3. The van der Waals surface area contributed by atoms with Gasteiger partial charge in [0.2, 0.25) is 5.91 Å². The van der Waals surface area contributed by atoms with Crippen LogP contribution in [0.2, 0.25) is 0 Å². The van der Waals surface area contributed by atoms with E-state index in [0.29, 0.717) is 12.3 Å². The Hall–Kier alpha value is -1.42. The third-order valence-corrected chi connectivity index (χ3v) is 4.53. The van der Waals surface area contributed by atoms with Crippen molar-refractivity contribution in [3.63, 3.8) is 0 Å². The van der Waals surface area contributed by atoms with E-state index >= 15 is 0 Å². The van der Waals surface area contributed by atoms with Crippen LogP contribution in [0, 0.1) is 12.8 Å². The molecule has 122 valence electrons. The van der Waals surface area contributed by atoms with Gasteiger partial charge in [-0.3, -0.25) is 9.78 Å². The zero-order valence-corrected chi connectivity index (χ0v) is 14.1. The van der Waals surface area contributed by atoms with Gasteiger partial charge in [-0.25, -0.2) is 0 Å². The molecule has 2 rings (SSSR count). The Kier molecular flexibility index (Phi) is 6.37. The molecule has 0 aromatic carbocycles. The second-order valence-electron chi connectivity index (χ2n) is 6.51. The molecule has 1 amide bonds. The fourth-order valence-electron chi connectivity index (χ4n) is 3.11. The Morgan fingerprint density at radius 3 is 2.73 bits per heavy atom. The summed E-state index contributed by atoms with van der Waals surface area (Å²) in [6, 6.07) is 4.05. The largest absolute Gasteiger partial charge is 0.350 e. The van der Waals surface area contributed by atoms with Gasteiger partial charge in [-0.15, -0.1) is 0 Å². The summed E-state index contributed by atoms with van der Waals surface area (Å²) in [5.74, 6) is 0.707. The molecule has 0 bridgehead atoms. The maximum Gasteiger partial charge on any atom is 0.220 e. The molecule has 4 nitrogen and oxygen atoms in total. The number of rotatable bonds is 6. The monoisotopic (exact) mass is 303 g/mol. The molecule has 4 heteroatoms. The Morgan fingerprint density at radius 1 is 1.41 bits per heavy atom. The summed E-state index contributed by atoms with van der Waals surface area (Å²) in [7, 11) is 0. The first kappa shape index (κ1) is 16.9. The van der Waals surface area contributed by atoms with Crippen molar-refractivity contribution < 1.29 is 4.79 Å². The van der Waals surface area contributed by atoms with Gasteiger partial charge in [0.1, 0.15) is 0 Å². The molecule has 2 heterocycles. The van der Waals surface area contributed by atoms with Gasteiger partial charge in [-0.2, -0.15) is 0 Å². The van der Waals surface area contributed by atoms with Crippen LogP contribution in [-0.2, 0) is 4.79 Å². The van der Waals surface area contributed by atoms with Crippen molar-refractivity contribution in [2.24, 2.45) is 5.92 Å². The second-order valence-corrected chi connectivity index (χ2v) is 6.51. The van der Waals surface area contributed by atoms with Gasteiger partial charge < -0.3 is 10.2 Å². The van der Waals surface area contributed by atoms with Crippen molar-refractivity contribution in [3.05, 3.63) is 29.6 Å². The fraction of sp³-hybridized carbons (Fsp3) is 0.667. The quantitative estimate of drug-likeness (QED) is 0.878. The lowest BCUT2D eigenvalue weighted by Gasteiger charge is -2.31. The summed E-state index contributed by atoms with van der Waals surface area (Å²) in [5.41, 5.74) is 2.07. The lowest BCUT2D eigenvalue weighted by atomic mass is 9.93. The first-order chi connectivity index (χ1) is 10.6. The number of carbonyl (C=O) groups excluding carboxylic acids is 1. The van der Waals surface area contributed by atoms with Crippen molar-refractivity contribution in [1.82, 2.24) is 15.2 Å². The second kappa shape index (κ2) is 8.28. The number of pyridine rings is 1. The van der Waals surface area contributed by atoms with E-state index in [1.54, 1.807) is 0 Å². The predicted molar refractivity (Wildman–Crippen MR) is 89.6 cm³/mol. The summed E-state index contributed by atoms with van der Waals surface area (Å²) in [4.78, 5) is 19.0. The van der Waals surface area contributed by atoms with Crippen molar-refractivity contribution in [2.45, 2.75) is 52.5 Å². The topological polar surface area (TPSA) is 45.2 Å². The number of aryl methyl sites for hydroxylation is 1. The number of piperidine rings is 1. The summed E-state index contributed by atoms with van der Waals surface area (Å²) < 4.78 is 0. The minimum absolute atomic E-state index is 0.0285. The molecule has 1 saturated heterocycles. The Morgan fingerprint density at radius 2 is 2.14 bits per heavy atom. The van der Waals surface area contributed by atoms with E-state index in [2.05, 4.69) is 22.1 Å². The lowest BCUT2D eigenvalue weighted by molar-refractivity contribution is -0.123. The van der Waals surface area contributed by atoms with Gasteiger partial charge in [0.15, 0.2) is 0 Å². The van der Waals surface area contributed by atoms with Gasteiger partial charge >= 0.3 is 0 Å². The third-order valence-electron chi connectivity index (χ3n) is 4.53. The van der Waals surface area contributed by atoms with Gasteiger partial charge in [0.05, 0.1) is 6.04 Å². The fourth-order valence-corrected chi connectivity index (χ4v) is 3.11. The molecule has 1 aromatic rings. The molecule has 1 fully saturated rings. The number of carbonyl (C=O) groups is 1. The maximum atomic E-state index is 12.2. The molecule has 1 aromatic heterocycles. The average molecular weight is 303 g/mol. The molecule has 22 heavy (non-hydrogen) atoms. The number of amides is 1. The standard InChI is InChI=1S/C18H29N3O/c1-4-9-21-10-7-16(8-11-21)12-18(22)20-15(3)17-6-5-14(2)19-13-17/h5-6,13,15-16H,4,7-12H2,1-3H3,(H,20,22)/t15-/m0/s1. The van der Waals surface area contributed by atoms with Crippen molar-refractivity contribution in [2.75, 3.05) is 19.6 Å². The summed E-state index contributed by atoms with van der Waals surface area (Å²) in [6.45, 7) is 9.69. The van der Waals surface area contributed by atoms with E-state index in [9.17, 15) is 4.79 Å². The number of nitrogens with zero attached hydrogens (tertiary/aromatic N) is 2. The maximum absolute atomic E-state index is 12.2. The van der Waals surface area contributed by atoms with Crippen LogP contribution < -0.4 is 5.32 Å². The average Bonchev–Trinajstić information content (AvgIpc) is 2.50. The number of nitrogens with one attached hydrogen (secondary N) is 1. The predicted octanol–water partition coefficient (Wildman–Crippen LogP) is 3.08. The summed E-state index contributed by atoms with van der Waals surface area (Å²) in [6.07, 6.45) is 6.02. The minimum Gasteiger partial charge on any atom is -0.350 e. The highest BCUT2D eigenvalue weighted by Gasteiger charge is 2.21. The van der Waals surface area contributed by atoms with Crippen molar-refractivity contribution in [3.8, 4) is 0 Å². The van der Waals surface area contributed by atoms with Crippen LogP contribution in [-0.4, -0.2) is 35.4 Å². The Bertz CT molecular complexity index is 464. The zero-order chi connectivity index (χ0) is 15.9. The molecular weight excluding hydrogens is 274 g/mol. The number of likely N-dealkylation sites (tertiary alicyclic amines) is 1. The lowest BCUT2D eigenvalue weighted by Crippen LogP contribution is -2.36. The highest BCUT2D eigenvalue weighted by atomic mass is 16.1. The summed E-state index contributed by atoms with van der Waals surface area (Å²) >= 11 is 0. The molecule has 0 aliphatic carbocycles. The van der Waals surface area contributed by atoms with Crippen molar-refractivity contribution >= 4 is 5.91 Å². The molecule has 1 aliphatic heterocycles. The highest BCUT2D eigenvalue weighted by molar-refractivity contribution is 5.76. The number of hydrogen-bond donors (Lipinski definition) is 1. The first-order valence-electron chi connectivity index (χ1n) is 8.52. The summed E-state index contributed by atoms with van der Waals surface area (Å²) in [5, 5.41) is 3.11. The highest BCUT2D eigenvalue weighted by Crippen LogP contribution is 2.21. The van der Waals surface area contributed by atoms with E-state index < -0.39 is 0 Å². The number of aromatic nitrogens is 1. The van der Waals surface area contributed by atoms with Crippen LogP contribution in [0.15, 0.2) is 18.3 Å². The molecule has 0 radical (unpaired) electrons. The minimum atomic E-state index is 0.0285. The van der Waals surface area contributed by atoms with Crippen LogP contribution in [0.5, 0.6) is 0 Å². The van der Waals surface area contributed by atoms with Crippen LogP contribution in [0.1, 0.15) is 56.8 Å². The smallest absolute Gasteiger partial charge is 0.220 e. The van der Waals surface area contributed by atoms with Crippen LogP contribution in [0.25, 0.3) is 0 Å². The van der Waals surface area contributed by atoms with Crippen molar-refractivity contribution in [1.29, 1.82) is 0 Å². The normalized spacial score (nSPS) is 18.1. The molecule has 0 unspecified atom stereocenters. The first-order valence-corrected chi connectivity index (χ1v) is 8.52.